The number of hydrogen-bond acceptors (Lipinski definition) is 5. The predicted octanol–water partition coefficient (Wildman–Crippen LogP) is 4.55. The minimum atomic E-state index is -0.419. The fraction of sp³-hybridized carbons (Fsp3) is 0.240. The summed E-state index contributed by atoms with van der Waals surface area (Å²) in [4.78, 5) is 34.1. The summed E-state index contributed by atoms with van der Waals surface area (Å²) in [5, 5.41) is 3.02. The van der Waals surface area contributed by atoms with Crippen LogP contribution in [-0.4, -0.2) is 47.8 Å². The summed E-state index contributed by atoms with van der Waals surface area (Å²) < 4.78 is 0.953. The number of hydrogen-bond donors (Lipinski definition) is 1. The van der Waals surface area contributed by atoms with Crippen molar-refractivity contribution in [1.82, 2.24) is 9.88 Å². The average molecular weight is 493 g/mol. The monoisotopic (exact) mass is 492 g/mol. The van der Waals surface area contributed by atoms with Gasteiger partial charge in [0.1, 0.15) is 11.9 Å². The lowest BCUT2D eigenvalue weighted by Crippen LogP contribution is -2.50. The number of aromatic nitrogens is 1. The first-order valence-electron chi connectivity index (χ1n) is 10.6. The van der Waals surface area contributed by atoms with E-state index in [2.05, 4.69) is 36.0 Å². The zero-order chi connectivity index (χ0) is 22.5. The number of anilines is 2. The molecule has 1 atom stereocenters. The van der Waals surface area contributed by atoms with Crippen LogP contribution in [0, 0.1) is 0 Å². The van der Waals surface area contributed by atoms with Gasteiger partial charge in [-0.3, -0.25) is 14.5 Å². The number of piperazine rings is 1. The third kappa shape index (κ3) is 5.23. The van der Waals surface area contributed by atoms with E-state index in [-0.39, 0.29) is 11.7 Å². The van der Waals surface area contributed by atoms with Gasteiger partial charge in [0.25, 0.3) is 0 Å². The summed E-state index contributed by atoms with van der Waals surface area (Å²) in [6.07, 6.45) is 1.80. The molecule has 0 spiro atoms. The molecule has 1 saturated heterocycles. The van der Waals surface area contributed by atoms with Crippen LogP contribution < -0.4 is 10.2 Å². The summed E-state index contributed by atoms with van der Waals surface area (Å²) in [6.45, 7) is 4.56. The fourth-order valence-electron chi connectivity index (χ4n) is 3.95. The molecule has 0 radical (unpaired) electrons. The molecule has 2 aromatic carbocycles. The summed E-state index contributed by atoms with van der Waals surface area (Å²) in [5.41, 5.74) is 2.15. The minimum Gasteiger partial charge on any atom is -0.354 e. The van der Waals surface area contributed by atoms with Crippen molar-refractivity contribution in [1.29, 1.82) is 0 Å². The molecule has 2 heterocycles. The van der Waals surface area contributed by atoms with Gasteiger partial charge in [-0.2, -0.15) is 0 Å². The lowest BCUT2D eigenvalue weighted by molar-refractivity contribution is -0.121. The summed E-state index contributed by atoms with van der Waals surface area (Å²) in [5.74, 6) is 0.806. The van der Waals surface area contributed by atoms with E-state index in [1.165, 1.54) is 6.92 Å². The number of halogens is 1. The van der Waals surface area contributed by atoms with Crippen LogP contribution in [0.3, 0.4) is 0 Å². The maximum Gasteiger partial charge on any atom is 0.246 e. The largest absolute Gasteiger partial charge is 0.354 e. The SMILES string of the molecule is CC(=O)c1cccc(NC(=O)C(c2ccccc2)N2CCN(c3ccc(Br)cn3)CC2)c1. The lowest BCUT2D eigenvalue weighted by Gasteiger charge is -2.39. The number of pyridine rings is 1. The third-order valence-electron chi connectivity index (χ3n) is 5.62. The van der Waals surface area contributed by atoms with Crippen molar-refractivity contribution in [3.05, 3.63) is 88.5 Å². The first kappa shape index (κ1) is 22.2. The molecule has 1 amide bonds. The van der Waals surface area contributed by atoms with E-state index in [9.17, 15) is 9.59 Å². The van der Waals surface area contributed by atoms with Gasteiger partial charge >= 0.3 is 0 Å². The fourth-order valence-corrected chi connectivity index (χ4v) is 4.19. The quantitative estimate of drug-likeness (QED) is 0.511. The van der Waals surface area contributed by atoms with Crippen molar-refractivity contribution in [2.24, 2.45) is 0 Å². The molecule has 1 aliphatic heterocycles. The summed E-state index contributed by atoms with van der Waals surface area (Å²) >= 11 is 3.43. The van der Waals surface area contributed by atoms with Gasteiger partial charge in [0.15, 0.2) is 5.78 Å². The smallest absolute Gasteiger partial charge is 0.246 e. The number of carbonyl (C=O) groups is 2. The van der Waals surface area contributed by atoms with Gasteiger partial charge in [0, 0.05) is 48.1 Å². The molecule has 0 saturated carbocycles. The molecule has 0 aliphatic carbocycles. The second-order valence-corrected chi connectivity index (χ2v) is 8.71. The first-order chi connectivity index (χ1) is 15.5. The van der Waals surface area contributed by atoms with Crippen LogP contribution in [0.1, 0.15) is 28.9 Å². The maximum absolute atomic E-state index is 13.4. The molecular formula is C25H25BrN4O2. The molecule has 1 N–H and O–H groups in total. The van der Waals surface area contributed by atoms with Crippen LogP contribution in [0.15, 0.2) is 77.4 Å². The molecule has 4 rings (SSSR count). The van der Waals surface area contributed by atoms with E-state index in [4.69, 9.17) is 0 Å². The topological polar surface area (TPSA) is 65.5 Å². The number of benzene rings is 2. The number of nitrogens with one attached hydrogen (secondary N) is 1. The predicted molar refractivity (Wildman–Crippen MR) is 130 cm³/mol. The van der Waals surface area contributed by atoms with E-state index >= 15 is 0 Å². The molecular weight excluding hydrogens is 468 g/mol. The number of carbonyl (C=O) groups excluding carboxylic acids is 2. The number of Topliss-reactive ketones (excluding diaryl/α,β-unsaturated/α-hetero) is 1. The van der Waals surface area contributed by atoms with E-state index in [0.29, 0.717) is 11.3 Å². The molecule has 32 heavy (non-hydrogen) atoms. The molecule has 164 valence electrons. The number of amides is 1. The zero-order valence-electron chi connectivity index (χ0n) is 17.9. The van der Waals surface area contributed by atoms with Crippen molar-refractivity contribution in [2.45, 2.75) is 13.0 Å². The van der Waals surface area contributed by atoms with E-state index < -0.39 is 6.04 Å². The highest BCUT2D eigenvalue weighted by Crippen LogP contribution is 2.26. The Balaban J connectivity index is 1.51. The van der Waals surface area contributed by atoms with E-state index in [1.807, 2.05) is 48.5 Å². The summed E-state index contributed by atoms with van der Waals surface area (Å²) in [7, 11) is 0. The van der Waals surface area contributed by atoms with Crippen molar-refractivity contribution in [3.63, 3.8) is 0 Å². The Morgan fingerprint density at radius 1 is 0.969 bits per heavy atom. The summed E-state index contributed by atoms with van der Waals surface area (Å²) in [6, 6.07) is 20.5. The van der Waals surface area contributed by atoms with Crippen LogP contribution in [0.5, 0.6) is 0 Å². The Labute approximate surface area is 196 Å². The van der Waals surface area contributed by atoms with Crippen LogP contribution >= 0.6 is 15.9 Å². The molecule has 0 bridgehead atoms. The second kappa shape index (κ2) is 10.1. The van der Waals surface area contributed by atoms with Crippen LogP contribution in [0.25, 0.3) is 0 Å². The highest BCUT2D eigenvalue weighted by molar-refractivity contribution is 9.10. The molecule has 6 nitrogen and oxygen atoms in total. The van der Waals surface area contributed by atoms with Gasteiger partial charge < -0.3 is 10.2 Å². The average Bonchev–Trinajstić information content (AvgIpc) is 2.81. The Kier molecular flexibility index (Phi) is 6.97. The first-order valence-corrected chi connectivity index (χ1v) is 11.4. The van der Waals surface area contributed by atoms with Crippen LogP contribution in [-0.2, 0) is 4.79 Å². The van der Waals surface area contributed by atoms with Gasteiger partial charge in [0.05, 0.1) is 0 Å². The van der Waals surface area contributed by atoms with E-state index in [1.54, 1.807) is 24.4 Å². The molecule has 1 fully saturated rings. The Morgan fingerprint density at radius 2 is 1.72 bits per heavy atom. The lowest BCUT2D eigenvalue weighted by atomic mass is 10.0. The maximum atomic E-state index is 13.4. The van der Waals surface area contributed by atoms with Gasteiger partial charge in [0.2, 0.25) is 5.91 Å². The Morgan fingerprint density at radius 3 is 2.38 bits per heavy atom. The van der Waals surface area contributed by atoms with Crippen molar-refractivity contribution >= 4 is 39.1 Å². The molecule has 7 heteroatoms. The van der Waals surface area contributed by atoms with Crippen molar-refractivity contribution in [3.8, 4) is 0 Å². The molecule has 3 aromatic rings. The number of ketones is 1. The van der Waals surface area contributed by atoms with Gasteiger partial charge in [-0.25, -0.2) is 4.98 Å². The van der Waals surface area contributed by atoms with Crippen LogP contribution in [0.2, 0.25) is 0 Å². The highest BCUT2D eigenvalue weighted by Gasteiger charge is 2.31. The Bertz CT molecular complexity index is 1080. The van der Waals surface area contributed by atoms with Gasteiger partial charge in [-0.05, 0) is 52.7 Å². The Hall–Kier alpha value is -3.03. The third-order valence-corrected chi connectivity index (χ3v) is 6.08. The number of nitrogens with zero attached hydrogens (tertiary/aromatic N) is 3. The van der Waals surface area contributed by atoms with Crippen molar-refractivity contribution < 1.29 is 9.59 Å². The van der Waals surface area contributed by atoms with Gasteiger partial charge in [-0.15, -0.1) is 0 Å². The zero-order valence-corrected chi connectivity index (χ0v) is 19.5. The van der Waals surface area contributed by atoms with Gasteiger partial charge in [-0.1, -0.05) is 42.5 Å². The highest BCUT2D eigenvalue weighted by atomic mass is 79.9. The molecule has 1 aliphatic rings. The standard InChI is InChI=1S/C25H25BrN4O2/c1-18(31)20-8-5-9-22(16-20)28-25(32)24(19-6-3-2-4-7-19)30-14-12-29(13-15-30)23-11-10-21(26)17-27-23/h2-11,16-17,24H,12-15H2,1H3,(H,28,32). The van der Waals surface area contributed by atoms with E-state index in [0.717, 1.165) is 42.0 Å². The molecule has 1 aromatic heterocycles. The normalized spacial score (nSPS) is 15.2. The van der Waals surface area contributed by atoms with Crippen molar-refractivity contribution in [2.75, 3.05) is 36.4 Å². The van der Waals surface area contributed by atoms with Crippen LogP contribution in [0.4, 0.5) is 11.5 Å². The number of rotatable bonds is 6. The second-order valence-electron chi connectivity index (χ2n) is 7.80. The molecule has 1 unspecified atom stereocenters. The minimum absolute atomic E-state index is 0.0293.